The highest BCUT2D eigenvalue weighted by molar-refractivity contribution is 6.42. The van der Waals surface area contributed by atoms with Gasteiger partial charge in [0.05, 0.1) is 23.6 Å². The Balaban J connectivity index is 2.27. The Hall–Kier alpha value is -2.30. The lowest BCUT2D eigenvalue weighted by atomic mass is 10.0. The largest absolute Gasteiger partial charge is 0.496 e. The normalized spacial score (nSPS) is 10.8. The highest BCUT2D eigenvalue weighted by Crippen LogP contribution is 2.27. The van der Waals surface area contributed by atoms with Crippen molar-refractivity contribution >= 4 is 41.0 Å². The molecular formula is C18H14Cl2O4. The second-order valence-electron chi connectivity index (χ2n) is 4.94. The molecule has 0 spiro atoms. The van der Waals surface area contributed by atoms with Crippen LogP contribution in [0.2, 0.25) is 10.0 Å². The Morgan fingerprint density at radius 3 is 2.62 bits per heavy atom. The van der Waals surface area contributed by atoms with Gasteiger partial charge in [-0.3, -0.25) is 9.59 Å². The molecule has 0 atom stereocenters. The van der Waals surface area contributed by atoms with Crippen molar-refractivity contribution in [3.8, 4) is 5.75 Å². The zero-order valence-electron chi connectivity index (χ0n) is 12.8. The molecule has 2 aromatic carbocycles. The van der Waals surface area contributed by atoms with Crippen molar-refractivity contribution in [2.45, 2.75) is 6.42 Å². The molecule has 0 aliphatic carbocycles. The fourth-order valence-corrected chi connectivity index (χ4v) is 2.51. The van der Waals surface area contributed by atoms with Gasteiger partial charge in [-0.15, -0.1) is 0 Å². The van der Waals surface area contributed by atoms with E-state index in [1.54, 1.807) is 36.4 Å². The average Bonchev–Trinajstić information content (AvgIpc) is 2.55. The number of carboxylic acid groups (broad SMARTS) is 1. The van der Waals surface area contributed by atoms with Crippen LogP contribution in [0.4, 0.5) is 0 Å². The smallest absolute Gasteiger partial charge is 0.307 e. The quantitative estimate of drug-likeness (QED) is 0.604. The van der Waals surface area contributed by atoms with E-state index in [9.17, 15) is 9.59 Å². The summed E-state index contributed by atoms with van der Waals surface area (Å²) in [5.41, 5.74) is 1.42. The summed E-state index contributed by atoms with van der Waals surface area (Å²) in [6.45, 7) is 0. The van der Waals surface area contributed by atoms with Gasteiger partial charge in [0, 0.05) is 11.1 Å². The maximum Gasteiger partial charge on any atom is 0.307 e. The first kappa shape index (κ1) is 18.0. The molecule has 2 aromatic rings. The fourth-order valence-electron chi connectivity index (χ4n) is 2.14. The van der Waals surface area contributed by atoms with Gasteiger partial charge in [0.1, 0.15) is 5.75 Å². The number of rotatable bonds is 6. The molecule has 4 nitrogen and oxygen atoms in total. The van der Waals surface area contributed by atoms with Crippen molar-refractivity contribution in [2.24, 2.45) is 0 Å². The summed E-state index contributed by atoms with van der Waals surface area (Å²) in [5.74, 6) is -0.852. The number of halogens is 2. The van der Waals surface area contributed by atoms with Crippen molar-refractivity contribution in [3.63, 3.8) is 0 Å². The van der Waals surface area contributed by atoms with E-state index in [1.165, 1.54) is 19.3 Å². The Kier molecular flexibility index (Phi) is 6.01. The zero-order valence-corrected chi connectivity index (χ0v) is 14.3. The monoisotopic (exact) mass is 364 g/mol. The van der Waals surface area contributed by atoms with E-state index in [1.807, 2.05) is 0 Å². The molecule has 1 N–H and O–H groups in total. The van der Waals surface area contributed by atoms with Crippen LogP contribution < -0.4 is 4.74 Å². The van der Waals surface area contributed by atoms with Crippen LogP contribution >= 0.6 is 23.2 Å². The minimum absolute atomic E-state index is 0.228. The van der Waals surface area contributed by atoms with Gasteiger partial charge in [0.25, 0.3) is 0 Å². The lowest BCUT2D eigenvalue weighted by molar-refractivity contribution is -0.136. The Morgan fingerprint density at radius 1 is 1.21 bits per heavy atom. The summed E-state index contributed by atoms with van der Waals surface area (Å²) >= 11 is 12.0. The van der Waals surface area contributed by atoms with E-state index in [4.69, 9.17) is 33.0 Å². The second-order valence-corrected chi connectivity index (χ2v) is 5.72. The van der Waals surface area contributed by atoms with Crippen LogP contribution in [0.25, 0.3) is 6.08 Å². The maximum absolute atomic E-state index is 12.3. The molecule has 0 aliphatic heterocycles. The van der Waals surface area contributed by atoms with Gasteiger partial charge in [-0.2, -0.15) is 0 Å². The number of carbonyl (C=O) groups is 2. The first-order chi connectivity index (χ1) is 11.4. The van der Waals surface area contributed by atoms with E-state index in [-0.39, 0.29) is 12.2 Å². The van der Waals surface area contributed by atoms with Gasteiger partial charge in [0.2, 0.25) is 0 Å². The molecule has 0 aliphatic rings. The van der Waals surface area contributed by atoms with E-state index in [2.05, 4.69) is 0 Å². The van der Waals surface area contributed by atoms with Gasteiger partial charge in [-0.1, -0.05) is 35.3 Å². The molecular weight excluding hydrogens is 351 g/mol. The number of carbonyl (C=O) groups excluding carboxylic acids is 1. The molecule has 0 radical (unpaired) electrons. The summed E-state index contributed by atoms with van der Waals surface area (Å²) in [4.78, 5) is 23.2. The Morgan fingerprint density at radius 2 is 1.96 bits per heavy atom. The summed E-state index contributed by atoms with van der Waals surface area (Å²) in [6, 6.07) is 9.80. The summed E-state index contributed by atoms with van der Waals surface area (Å²) in [6.07, 6.45) is 2.70. The third-order valence-electron chi connectivity index (χ3n) is 3.30. The Bertz CT molecular complexity index is 813. The number of methoxy groups -OCH3 is 1. The minimum Gasteiger partial charge on any atom is -0.496 e. The predicted molar refractivity (Wildman–Crippen MR) is 94.2 cm³/mol. The van der Waals surface area contributed by atoms with E-state index in [0.29, 0.717) is 32.5 Å². The SMILES string of the molecule is COc1ccc(C(=O)/C=C/c2cccc(Cl)c2Cl)cc1CC(=O)O. The molecule has 0 saturated carbocycles. The molecule has 0 aromatic heterocycles. The molecule has 0 amide bonds. The molecule has 6 heteroatoms. The number of hydrogen-bond donors (Lipinski definition) is 1. The van der Waals surface area contributed by atoms with Crippen LogP contribution in [0, 0.1) is 0 Å². The molecule has 0 fully saturated rings. The minimum atomic E-state index is -1.00. The van der Waals surface area contributed by atoms with Crippen LogP contribution in [0.1, 0.15) is 21.5 Å². The summed E-state index contributed by atoms with van der Waals surface area (Å²) < 4.78 is 5.11. The average molecular weight is 365 g/mol. The van der Waals surface area contributed by atoms with Gasteiger partial charge in [0.15, 0.2) is 5.78 Å². The second kappa shape index (κ2) is 7.99. The number of carboxylic acids is 1. The zero-order chi connectivity index (χ0) is 17.7. The summed E-state index contributed by atoms with van der Waals surface area (Å²) in [5, 5.41) is 9.71. The number of ether oxygens (including phenoxy) is 1. The fraction of sp³-hybridized carbons (Fsp3) is 0.111. The number of aliphatic carboxylic acids is 1. The number of hydrogen-bond acceptors (Lipinski definition) is 3. The standard InChI is InChI=1S/C18H14Cl2O4/c1-24-16-8-6-12(9-13(16)10-17(22)23)15(21)7-5-11-3-2-4-14(19)18(11)20/h2-9H,10H2,1H3,(H,22,23)/b7-5+. The highest BCUT2D eigenvalue weighted by atomic mass is 35.5. The third kappa shape index (κ3) is 4.37. The molecule has 0 unspecified atom stereocenters. The topological polar surface area (TPSA) is 63.6 Å². The molecule has 0 bridgehead atoms. The molecule has 24 heavy (non-hydrogen) atoms. The van der Waals surface area contributed by atoms with Crippen molar-refractivity contribution in [1.29, 1.82) is 0 Å². The number of allylic oxidation sites excluding steroid dienone is 1. The van der Waals surface area contributed by atoms with Gasteiger partial charge < -0.3 is 9.84 Å². The van der Waals surface area contributed by atoms with Gasteiger partial charge in [-0.25, -0.2) is 0 Å². The van der Waals surface area contributed by atoms with Crippen molar-refractivity contribution in [1.82, 2.24) is 0 Å². The highest BCUT2D eigenvalue weighted by Gasteiger charge is 2.11. The van der Waals surface area contributed by atoms with Crippen LogP contribution in [-0.4, -0.2) is 24.0 Å². The number of ketones is 1. The van der Waals surface area contributed by atoms with Crippen molar-refractivity contribution in [3.05, 3.63) is 69.2 Å². The lowest BCUT2D eigenvalue weighted by Gasteiger charge is -2.08. The van der Waals surface area contributed by atoms with E-state index < -0.39 is 5.97 Å². The molecule has 0 heterocycles. The molecule has 124 valence electrons. The number of benzene rings is 2. The van der Waals surface area contributed by atoms with Crippen LogP contribution in [0.3, 0.4) is 0 Å². The third-order valence-corrected chi connectivity index (χ3v) is 4.14. The van der Waals surface area contributed by atoms with Crippen LogP contribution in [0.5, 0.6) is 5.75 Å². The van der Waals surface area contributed by atoms with Crippen molar-refractivity contribution < 1.29 is 19.4 Å². The van der Waals surface area contributed by atoms with E-state index >= 15 is 0 Å². The first-order valence-corrected chi connectivity index (χ1v) is 7.73. The molecule has 2 rings (SSSR count). The summed E-state index contributed by atoms with van der Waals surface area (Å²) in [7, 11) is 1.45. The van der Waals surface area contributed by atoms with Gasteiger partial charge >= 0.3 is 5.97 Å². The predicted octanol–water partition coefficient (Wildman–Crippen LogP) is 4.53. The maximum atomic E-state index is 12.3. The first-order valence-electron chi connectivity index (χ1n) is 6.97. The lowest BCUT2D eigenvalue weighted by Crippen LogP contribution is -2.04. The van der Waals surface area contributed by atoms with Crippen molar-refractivity contribution in [2.75, 3.05) is 7.11 Å². The molecule has 0 saturated heterocycles. The Labute approximate surface area is 149 Å². The van der Waals surface area contributed by atoms with E-state index in [0.717, 1.165) is 0 Å². The van der Waals surface area contributed by atoms with Crippen LogP contribution in [-0.2, 0) is 11.2 Å². The van der Waals surface area contributed by atoms with Gasteiger partial charge in [-0.05, 0) is 42.0 Å². The van der Waals surface area contributed by atoms with Crippen LogP contribution in [0.15, 0.2) is 42.5 Å².